The van der Waals surface area contributed by atoms with E-state index in [1.54, 1.807) is 12.1 Å². The molecule has 1 fully saturated rings. The number of hydrogen-bond acceptors (Lipinski definition) is 6. The summed E-state index contributed by atoms with van der Waals surface area (Å²) in [6.45, 7) is 0.838. The van der Waals surface area contributed by atoms with Crippen LogP contribution in [0.25, 0.3) is 0 Å². The standard InChI is InChI=1S/C17H17Cl2N5OS/c18-9-4-3-8(5-10(9)19)13-11-12(20)14(15(21)25)26-16(11)24-17(23-13)22-6-7-1-2-7/h3-5,7,11,16H,1-2,6,20H2,(H2,21,25)(H,22,24). The van der Waals surface area contributed by atoms with Gasteiger partial charge in [-0.15, -0.1) is 0 Å². The summed E-state index contributed by atoms with van der Waals surface area (Å²) in [5.74, 6) is 0.356. The lowest BCUT2D eigenvalue weighted by atomic mass is 9.92. The van der Waals surface area contributed by atoms with Crippen molar-refractivity contribution in [1.82, 2.24) is 5.32 Å². The fourth-order valence-corrected chi connectivity index (χ4v) is 4.49. The fraction of sp³-hybridized carbons (Fsp3) is 0.353. The summed E-state index contributed by atoms with van der Waals surface area (Å²) >= 11 is 13.5. The number of aliphatic imine (C=N–C) groups is 2. The molecule has 1 aromatic carbocycles. The number of carbonyl (C=O) groups excluding carboxylic acids is 1. The molecule has 26 heavy (non-hydrogen) atoms. The molecule has 0 aromatic heterocycles. The number of hydrogen-bond donors (Lipinski definition) is 3. The molecule has 2 heterocycles. The highest BCUT2D eigenvalue weighted by Gasteiger charge is 2.42. The summed E-state index contributed by atoms with van der Waals surface area (Å²) in [7, 11) is 0. The molecule has 136 valence electrons. The van der Waals surface area contributed by atoms with E-state index in [0.29, 0.717) is 38.2 Å². The largest absolute Gasteiger partial charge is 0.400 e. The number of benzene rings is 1. The molecule has 9 heteroatoms. The Bertz CT molecular complexity index is 878. The van der Waals surface area contributed by atoms with Crippen molar-refractivity contribution < 1.29 is 4.79 Å². The minimum absolute atomic E-state index is 0.277. The first-order chi connectivity index (χ1) is 12.4. The van der Waals surface area contributed by atoms with Crippen molar-refractivity contribution in [2.75, 3.05) is 6.54 Å². The van der Waals surface area contributed by atoms with Crippen LogP contribution in [0.1, 0.15) is 18.4 Å². The third kappa shape index (κ3) is 3.31. The van der Waals surface area contributed by atoms with E-state index in [0.717, 1.165) is 12.1 Å². The van der Waals surface area contributed by atoms with Crippen LogP contribution in [0.4, 0.5) is 0 Å². The molecule has 1 aliphatic carbocycles. The third-order valence-corrected chi connectivity index (χ3v) is 6.61. The molecule has 5 N–H and O–H groups in total. The number of guanidine groups is 1. The van der Waals surface area contributed by atoms with Crippen molar-refractivity contribution >= 4 is 52.5 Å². The second-order valence-electron chi connectivity index (χ2n) is 6.54. The van der Waals surface area contributed by atoms with Crippen molar-refractivity contribution in [1.29, 1.82) is 0 Å². The van der Waals surface area contributed by atoms with Crippen molar-refractivity contribution in [2.24, 2.45) is 33.3 Å². The van der Waals surface area contributed by atoms with Gasteiger partial charge in [0, 0.05) is 12.2 Å². The minimum atomic E-state index is -0.543. The van der Waals surface area contributed by atoms with Crippen LogP contribution in [-0.2, 0) is 4.79 Å². The maximum Gasteiger partial charge on any atom is 0.256 e. The van der Waals surface area contributed by atoms with Gasteiger partial charge in [0.15, 0.2) is 0 Å². The summed E-state index contributed by atoms with van der Waals surface area (Å²) in [6, 6.07) is 5.31. The molecule has 0 spiro atoms. The second-order valence-corrected chi connectivity index (χ2v) is 8.48. The van der Waals surface area contributed by atoms with Gasteiger partial charge in [0.1, 0.15) is 5.37 Å². The van der Waals surface area contributed by atoms with Crippen LogP contribution in [0.2, 0.25) is 10.0 Å². The number of nitrogens with two attached hydrogens (primary N) is 2. The molecule has 0 radical (unpaired) electrons. The Labute approximate surface area is 165 Å². The molecule has 1 aromatic rings. The Balaban J connectivity index is 1.73. The quantitative estimate of drug-likeness (QED) is 0.709. The SMILES string of the molecule is NC(=O)C1=C(N)C2C(c3ccc(Cl)c(Cl)c3)=NC(NCC3CC3)=NC2S1. The first kappa shape index (κ1) is 17.7. The second kappa shape index (κ2) is 6.79. The van der Waals surface area contributed by atoms with Crippen LogP contribution in [0.5, 0.6) is 0 Å². The summed E-state index contributed by atoms with van der Waals surface area (Å²) in [5, 5.41) is 3.91. The van der Waals surface area contributed by atoms with Crippen LogP contribution < -0.4 is 16.8 Å². The van der Waals surface area contributed by atoms with Gasteiger partial charge in [-0.25, -0.2) is 9.98 Å². The summed E-state index contributed by atoms with van der Waals surface area (Å²) in [6.07, 6.45) is 2.45. The first-order valence-corrected chi connectivity index (χ1v) is 9.89. The van der Waals surface area contributed by atoms with E-state index >= 15 is 0 Å². The molecule has 6 nitrogen and oxygen atoms in total. The van der Waals surface area contributed by atoms with Gasteiger partial charge < -0.3 is 16.8 Å². The molecule has 1 amide bonds. The zero-order chi connectivity index (χ0) is 18.4. The van der Waals surface area contributed by atoms with Crippen LogP contribution in [0.3, 0.4) is 0 Å². The number of fused-ring (bicyclic) bond motifs is 1. The van der Waals surface area contributed by atoms with E-state index in [9.17, 15) is 4.79 Å². The number of carbonyl (C=O) groups is 1. The molecular weight excluding hydrogens is 393 g/mol. The highest BCUT2D eigenvalue weighted by molar-refractivity contribution is 8.04. The van der Waals surface area contributed by atoms with E-state index in [2.05, 4.69) is 15.3 Å². The maximum atomic E-state index is 11.7. The topological polar surface area (TPSA) is 106 Å². The van der Waals surface area contributed by atoms with Gasteiger partial charge in [-0.2, -0.15) is 0 Å². The molecule has 2 unspecified atom stereocenters. The molecule has 4 rings (SSSR count). The third-order valence-electron chi connectivity index (χ3n) is 4.58. The Kier molecular flexibility index (Phi) is 4.62. The Morgan fingerprint density at radius 3 is 2.73 bits per heavy atom. The van der Waals surface area contributed by atoms with Gasteiger partial charge in [-0.1, -0.05) is 41.0 Å². The van der Waals surface area contributed by atoms with Gasteiger partial charge in [-0.3, -0.25) is 4.79 Å². The number of primary amides is 1. The molecule has 0 saturated heterocycles. The Hall–Kier alpha value is -1.70. The Morgan fingerprint density at radius 2 is 2.08 bits per heavy atom. The lowest BCUT2D eigenvalue weighted by Gasteiger charge is -2.25. The van der Waals surface area contributed by atoms with E-state index in [4.69, 9.17) is 34.7 Å². The smallest absolute Gasteiger partial charge is 0.256 e. The highest BCUT2D eigenvalue weighted by atomic mass is 35.5. The number of halogens is 2. The average Bonchev–Trinajstić information content (AvgIpc) is 3.37. The first-order valence-electron chi connectivity index (χ1n) is 8.26. The lowest BCUT2D eigenvalue weighted by molar-refractivity contribution is -0.113. The van der Waals surface area contributed by atoms with Gasteiger partial charge in [-0.05, 0) is 36.5 Å². The van der Waals surface area contributed by atoms with Crippen molar-refractivity contribution in [2.45, 2.75) is 18.2 Å². The van der Waals surface area contributed by atoms with Crippen molar-refractivity contribution in [3.63, 3.8) is 0 Å². The number of nitrogens with zero attached hydrogens (tertiary/aromatic N) is 2. The number of rotatable bonds is 4. The summed E-state index contributed by atoms with van der Waals surface area (Å²) in [4.78, 5) is 21.4. The van der Waals surface area contributed by atoms with E-state index in [-0.39, 0.29) is 11.3 Å². The average molecular weight is 410 g/mol. The Morgan fingerprint density at radius 1 is 1.31 bits per heavy atom. The molecule has 0 bridgehead atoms. The van der Waals surface area contributed by atoms with E-state index in [1.165, 1.54) is 24.6 Å². The van der Waals surface area contributed by atoms with Crippen LogP contribution >= 0.6 is 35.0 Å². The van der Waals surface area contributed by atoms with Gasteiger partial charge in [0.2, 0.25) is 5.96 Å². The zero-order valence-electron chi connectivity index (χ0n) is 13.7. The summed E-state index contributed by atoms with van der Waals surface area (Å²) in [5.41, 5.74) is 13.6. The van der Waals surface area contributed by atoms with Crippen LogP contribution in [0.15, 0.2) is 38.8 Å². The molecule has 2 atom stereocenters. The number of thioether (sulfide) groups is 1. The summed E-state index contributed by atoms with van der Waals surface area (Å²) < 4.78 is 0. The predicted molar refractivity (Wildman–Crippen MR) is 106 cm³/mol. The van der Waals surface area contributed by atoms with Gasteiger partial charge in [0.25, 0.3) is 5.91 Å². The molecule has 3 aliphatic rings. The minimum Gasteiger partial charge on any atom is -0.400 e. The zero-order valence-corrected chi connectivity index (χ0v) is 16.0. The molecule has 2 aliphatic heterocycles. The van der Waals surface area contributed by atoms with E-state index < -0.39 is 5.91 Å². The molecule has 1 saturated carbocycles. The van der Waals surface area contributed by atoms with Crippen LogP contribution in [0, 0.1) is 11.8 Å². The number of amides is 1. The monoisotopic (exact) mass is 409 g/mol. The van der Waals surface area contributed by atoms with Crippen molar-refractivity contribution in [3.05, 3.63) is 44.4 Å². The van der Waals surface area contributed by atoms with Crippen LogP contribution in [-0.4, -0.2) is 29.5 Å². The normalized spacial score (nSPS) is 24.8. The van der Waals surface area contributed by atoms with Crippen molar-refractivity contribution in [3.8, 4) is 0 Å². The lowest BCUT2D eigenvalue weighted by Crippen LogP contribution is -2.37. The highest BCUT2D eigenvalue weighted by Crippen LogP contribution is 2.44. The van der Waals surface area contributed by atoms with Gasteiger partial charge in [0.05, 0.1) is 26.6 Å². The maximum absolute atomic E-state index is 11.7. The molecular formula is C17H17Cl2N5OS. The predicted octanol–water partition coefficient (Wildman–Crippen LogP) is 2.50. The fourth-order valence-electron chi connectivity index (χ4n) is 3.01. The van der Waals surface area contributed by atoms with E-state index in [1.807, 2.05) is 6.07 Å². The van der Waals surface area contributed by atoms with Gasteiger partial charge >= 0.3 is 0 Å². The number of nitrogens with one attached hydrogen (secondary N) is 1.